The van der Waals surface area contributed by atoms with Gasteiger partial charge in [0.1, 0.15) is 11.6 Å². The van der Waals surface area contributed by atoms with Crippen LogP contribution in [-0.4, -0.2) is 18.2 Å². The zero-order valence-electron chi connectivity index (χ0n) is 9.67. The topological polar surface area (TPSA) is 46.5 Å². The molecule has 1 N–H and O–H groups in total. The average Bonchev–Trinajstić information content (AvgIpc) is 2.23. The summed E-state index contributed by atoms with van der Waals surface area (Å²) in [6.07, 6.45) is 0.0937. The Bertz CT molecular complexity index is 395. The van der Waals surface area contributed by atoms with Crippen LogP contribution in [0.25, 0.3) is 0 Å². The van der Waals surface area contributed by atoms with Crippen LogP contribution in [0, 0.1) is 17.6 Å². The molecule has 17 heavy (non-hydrogen) atoms. The Labute approximate surface area is 98.0 Å². The van der Waals surface area contributed by atoms with E-state index < -0.39 is 23.5 Å². The van der Waals surface area contributed by atoms with Gasteiger partial charge in [-0.25, -0.2) is 8.78 Å². The second-order valence-corrected chi connectivity index (χ2v) is 3.91. The van der Waals surface area contributed by atoms with Crippen LogP contribution in [0.5, 0.6) is 0 Å². The highest BCUT2D eigenvalue weighted by Crippen LogP contribution is 2.18. The molecule has 94 valence electrons. The van der Waals surface area contributed by atoms with Crippen LogP contribution in [0.1, 0.15) is 18.1 Å². The van der Waals surface area contributed by atoms with Gasteiger partial charge in [0.2, 0.25) is 0 Å². The normalized spacial score (nSPS) is 12.5. The Morgan fingerprint density at radius 1 is 1.41 bits per heavy atom. The molecule has 0 radical (unpaired) electrons. The van der Waals surface area contributed by atoms with Crippen LogP contribution in [-0.2, 0) is 22.6 Å². The van der Waals surface area contributed by atoms with Crippen molar-refractivity contribution in [3.05, 3.63) is 34.9 Å². The molecule has 0 saturated heterocycles. The number of benzene rings is 1. The van der Waals surface area contributed by atoms with Crippen molar-refractivity contribution in [1.82, 2.24) is 0 Å². The lowest BCUT2D eigenvalue weighted by atomic mass is 10.00. The lowest BCUT2D eigenvalue weighted by Crippen LogP contribution is -2.13. The fourth-order valence-electron chi connectivity index (χ4n) is 1.50. The van der Waals surface area contributed by atoms with Crippen molar-refractivity contribution in [3.8, 4) is 0 Å². The van der Waals surface area contributed by atoms with E-state index in [1.54, 1.807) is 0 Å². The smallest absolute Gasteiger partial charge is 0.306 e. The van der Waals surface area contributed by atoms with Crippen molar-refractivity contribution in [2.45, 2.75) is 20.0 Å². The zero-order valence-corrected chi connectivity index (χ0v) is 9.67. The Morgan fingerprint density at radius 3 is 2.35 bits per heavy atom. The second-order valence-electron chi connectivity index (χ2n) is 3.91. The third-order valence-electron chi connectivity index (χ3n) is 2.45. The lowest BCUT2D eigenvalue weighted by molar-refractivity contribution is -0.141. The summed E-state index contributed by atoms with van der Waals surface area (Å²) in [7, 11) is 1.35. The van der Waals surface area contributed by atoms with E-state index in [0.29, 0.717) is 5.56 Å². The summed E-state index contributed by atoms with van der Waals surface area (Å²) in [6, 6.07) is 2.30. The first kappa shape index (κ1) is 13.6. The number of rotatable bonds is 5. The minimum Gasteiger partial charge on any atom is -0.481 e. The van der Waals surface area contributed by atoms with E-state index >= 15 is 0 Å². The molecule has 0 aliphatic carbocycles. The molecule has 1 unspecified atom stereocenters. The van der Waals surface area contributed by atoms with Crippen LogP contribution >= 0.6 is 0 Å². The maximum atomic E-state index is 13.5. The molecule has 0 aliphatic rings. The molecular formula is C12H14F2O3. The van der Waals surface area contributed by atoms with E-state index in [2.05, 4.69) is 4.74 Å². The second kappa shape index (κ2) is 5.72. The van der Waals surface area contributed by atoms with E-state index in [0.717, 1.165) is 12.1 Å². The maximum Gasteiger partial charge on any atom is 0.306 e. The molecule has 1 atom stereocenters. The maximum absolute atomic E-state index is 13.5. The van der Waals surface area contributed by atoms with Crippen LogP contribution in [0.15, 0.2) is 12.1 Å². The van der Waals surface area contributed by atoms with Gasteiger partial charge < -0.3 is 9.84 Å². The summed E-state index contributed by atoms with van der Waals surface area (Å²) in [6.45, 7) is 1.34. The molecule has 0 amide bonds. The molecule has 0 aliphatic heterocycles. The van der Waals surface area contributed by atoms with Gasteiger partial charge in [-0.2, -0.15) is 0 Å². The molecule has 0 saturated carbocycles. The SMILES string of the molecule is COCc1c(F)cc(CC(C)C(=O)O)cc1F. The van der Waals surface area contributed by atoms with Crippen LogP contribution in [0.3, 0.4) is 0 Å². The predicted octanol–water partition coefficient (Wildman–Crippen LogP) is 2.37. The van der Waals surface area contributed by atoms with E-state index in [9.17, 15) is 13.6 Å². The zero-order chi connectivity index (χ0) is 13.0. The predicted molar refractivity (Wildman–Crippen MR) is 57.6 cm³/mol. The van der Waals surface area contributed by atoms with Gasteiger partial charge in [0.05, 0.1) is 12.5 Å². The van der Waals surface area contributed by atoms with E-state index in [4.69, 9.17) is 5.11 Å². The van der Waals surface area contributed by atoms with Crippen LogP contribution in [0.2, 0.25) is 0 Å². The molecule has 1 rings (SSSR count). The Hall–Kier alpha value is -1.49. The summed E-state index contributed by atoms with van der Waals surface area (Å²) < 4.78 is 31.6. The average molecular weight is 244 g/mol. The Balaban J connectivity index is 2.94. The van der Waals surface area contributed by atoms with E-state index in [1.807, 2.05) is 0 Å². The van der Waals surface area contributed by atoms with Gasteiger partial charge in [-0.15, -0.1) is 0 Å². The molecule has 0 spiro atoms. The molecule has 5 heteroatoms. The number of aliphatic carboxylic acids is 1. The number of methoxy groups -OCH3 is 1. The minimum absolute atomic E-state index is 0.0937. The highest BCUT2D eigenvalue weighted by atomic mass is 19.1. The summed E-state index contributed by atoms with van der Waals surface area (Å²) >= 11 is 0. The van der Waals surface area contributed by atoms with Gasteiger partial charge in [-0.1, -0.05) is 6.92 Å². The van der Waals surface area contributed by atoms with E-state index in [1.165, 1.54) is 14.0 Å². The van der Waals surface area contributed by atoms with Gasteiger partial charge in [-0.3, -0.25) is 4.79 Å². The van der Waals surface area contributed by atoms with Gasteiger partial charge in [0.15, 0.2) is 0 Å². The number of hydrogen-bond acceptors (Lipinski definition) is 2. The van der Waals surface area contributed by atoms with Gasteiger partial charge in [-0.05, 0) is 24.1 Å². The molecule has 1 aromatic rings. The van der Waals surface area contributed by atoms with Gasteiger partial charge in [0.25, 0.3) is 0 Å². The summed E-state index contributed by atoms with van der Waals surface area (Å²) in [5.74, 6) is -3.09. The first-order valence-corrected chi connectivity index (χ1v) is 5.14. The molecule has 0 aromatic heterocycles. The fraction of sp³-hybridized carbons (Fsp3) is 0.417. The molecule has 0 fully saturated rings. The molecule has 1 aromatic carbocycles. The molecule has 0 heterocycles. The van der Waals surface area contributed by atoms with Gasteiger partial charge in [0, 0.05) is 12.7 Å². The van der Waals surface area contributed by atoms with Crippen LogP contribution < -0.4 is 0 Å². The largest absolute Gasteiger partial charge is 0.481 e. The highest BCUT2D eigenvalue weighted by Gasteiger charge is 2.15. The van der Waals surface area contributed by atoms with Crippen molar-refractivity contribution in [1.29, 1.82) is 0 Å². The van der Waals surface area contributed by atoms with Crippen molar-refractivity contribution in [2.24, 2.45) is 5.92 Å². The molecule has 0 bridgehead atoms. The number of carboxylic acid groups (broad SMARTS) is 1. The summed E-state index contributed by atoms with van der Waals surface area (Å²) in [5, 5.41) is 8.71. The summed E-state index contributed by atoms with van der Waals surface area (Å²) in [5.41, 5.74) is 0.189. The number of halogens is 2. The number of carboxylic acids is 1. The first-order valence-electron chi connectivity index (χ1n) is 5.14. The third-order valence-corrected chi connectivity index (χ3v) is 2.45. The van der Waals surface area contributed by atoms with Crippen LogP contribution in [0.4, 0.5) is 8.78 Å². The molecular weight excluding hydrogens is 230 g/mol. The monoisotopic (exact) mass is 244 g/mol. The first-order chi connectivity index (χ1) is 7.95. The van der Waals surface area contributed by atoms with Crippen molar-refractivity contribution in [2.75, 3.05) is 7.11 Å². The summed E-state index contributed by atoms with van der Waals surface area (Å²) in [4.78, 5) is 10.6. The molecule has 3 nitrogen and oxygen atoms in total. The van der Waals surface area contributed by atoms with Crippen molar-refractivity contribution >= 4 is 5.97 Å². The van der Waals surface area contributed by atoms with Crippen molar-refractivity contribution < 1.29 is 23.4 Å². The van der Waals surface area contributed by atoms with Gasteiger partial charge >= 0.3 is 5.97 Å². The number of ether oxygens (including phenoxy) is 1. The van der Waals surface area contributed by atoms with E-state index in [-0.39, 0.29) is 18.6 Å². The third kappa shape index (κ3) is 3.49. The quantitative estimate of drug-likeness (QED) is 0.865. The lowest BCUT2D eigenvalue weighted by Gasteiger charge is -2.09. The fourth-order valence-corrected chi connectivity index (χ4v) is 1.50. The Morgan fingerprint density at radius 2 is 1.94 bits per heavy atom. The standard InChI is InChI=1S/C12H14F2O3/c1-7(12(15)16)3-8-4-10(13)9(6-17-2)11(14)5-8/h4-5,7H,3,6H2,1-2H3,(H,15,16). The highest BCUT2D eigenvalue weighted by molar-refractivity contribution is 5.69. The van der Waals surface area contributed by atoms with Crippen molar-refractivity contribution in [3.63, 3.8) is 0 Å². The Kier molecular flexibility index (Phi) is 4.57. The number of carbonyl (C=O) groups is 1. The minimum atomic E-state index is -0.994. The number of hydrogen-bond donors (Lipinski definition) is 1.